The normalized spacial score (nSPS) is 29.5. The number of carboxylic acid groups (broad SMARTS) is 1. The van der Waals surface area contributed by atoms with Crippen molar-refractivity contribution in [3.8, 4) is 0 Å². The molecular weight excluding hydrogens is 360 g/mol. The van der Waals surface area contributed by atoms with Crippen LogP contribution in [0.15, 0.2) is 27.8 Å². The number of aliphatic carboxylic acids is 1. The summed E-state index contributed by atoms with van der Waals surface area (Å²) >= 11 is 3.21. The fraction of sp³-hybridized carbons (Fsp3) is 0.538. The summed E-state index contributed by atoms with van der Waals surface area (Å²) in [6.07, 6.45) is 4.98. The number of halogens is 1. The first-order valence-electron chi connectivity index (χ1n) is 6.70. The predicted molar refractivity (Wildman–Crippen MR) is 78.1 cm³/mol. The second kappa shape index (κ2) is 5.03. The Kier molecular flexibility index (Phi) is 3.58. The lowest BCUT2D eigenvalue weighted by Crippen LogP contribution is -2.37. The Morgan fingerprint density at radius 2 is 2.24 bits per heavy atom. The molecule has 21 heavy (non-hydrogen) atoms. The molecule has 0 spiro atoms. The molecular formula is C13H15BrN2O4S. The number of hydrogen-bond acceptors (Lipinski definition) is 4. The highest BCUT2D eigenvalue weighted by atomic mass is 79.9. The highest BCUT2D eigenvalue weighted by molar-refractivity contribution is 9.10. The first-order chi connectivity index (χ1) is 9.86. The lowest BCUT2D eigenvalue weighted by molar-refractivity contribution is -0.149. The second-order valence-electron chi connectivity index (χ2n) is 5.69. The summed E-state index contributed by atoms with van der Waals surface area (Å²) in [5.74, 6) is -0.972. The molecule has 1 aromatic heterocycles. The van der Waals surface area contributed by atoms with Crippen LogP contribution in [0, 0.1) is 11.3 Å². The quantitative estimate of drug-likeness (QED) is 0.869. The van der Waals surface area contributed by atoms with Crippen molar-refractivity contribution < 1.29 is 18.3 Å². The van der Waals surface area contributed by atoms with E-state index in [1.807, 2.05) is 0 Å². The van der Waals surface area contributed by atoms with Gasteiger partial charge in [0.15, 0.2) is 0 Å². The van der Waals surface area contributed by atoms with E-state index in [0.717, 1.165) is 12.8 Å². The largest absolute Gasteiger partial charge is 0.481 e. The van der Waals surface area contributed by atoms with Gasteiger partial charge >= 0.3 is 5.97 Å². The van der Waals surface area contributed by atoms with Crippen molar-refractivity contribution in [2.24, 2.45) is 11.3 Å². The first kappa shape index (κ1) is 14.9. The van der Waals surface area contributed by atoms with E-state index >= 15 is 0 Å². The van der Waals surface area contributed by atoms with Crippen molar-refractivity contribution in [3.05, 3.63) is 22.9 Å². The van der Waals surface area contributed by atoms with E-state index in [2.05, 4.69) is 20.9 Å². The molecule has 2 aliphatic rings. The molecule has 114 valence electrons. The molecule has 1 saturated carbocycles. The lowest BCUT2D eigenvalue weighted by atomic mass is 9.81. The average Bonchev–Trinajstić information content (AvgIpc) is 2.96. The van der Waals surface area contributed by atoms with Crippen LogP contribution in [0.2, 0.25) is 0 Å². The van der Waals surface area contributed by atoms with Gasteiger partial charge in [-0.05, 0) is 40.8 Å². The summed E-state index contributed by atoms with van der Waals surface area (Å²) in [6.45, 7) is 0.336. The maximum atomic E-state index is 12.7. The van der Waals surface area contributed by atoms with Gasteiger partial charge in [0.1, 0.15) is 4.90 Å². The molecule has 1 aromatic rings. The zero-order valence-corrected chi connectivity index (χ0v) is 13.6. The van der Waals surface area contributed by atoms with Crippen LogP contribution in [0.5, 0.6) is 0 Å². The van der Waals surface area contributed by atoms with Crippen molar-refractivity contribution in [1.29, 1.82) is 0 Å². The van der Waals surface area contributed by atoms with Gasteiger partial charge in [-0.2, -0.15) is 4.31 Å². The number of carbonyl (C=O) groups is 1. The molecule has 3 rings (SSSR count). The minimum atomic E-state index is -3.70. The molecule has 2 fully saturated rings. The van der Waals surface area contributed by atoms with Crippen LogP contribution in [-0.2, 0) is 14.8 Å². The van der Waals surface area contributed by atoms with E-state index in [-0.39, 0.29) is 23.9 Å². The van der Waals surface area contributed by atoms with Crippen LogP contribution >= 0.6 is 15.9 Å². The van der Waals surface area contributed by atoms with E-state index in [9.17, 15) is 18.3 Å². The summed E-state index contributed by atoms with van der Waals surface area (Å²) in [5, 5.41) is 9.53. The van der Waals surface area contributed by atoms with Gasteiger partial charge in [0, 0.05) is 30.0 Å². The van der Waals surface area contributed by atoms with Crippen LogP contribution < -0.4 is 0 Å². The molecule has 0 aromatic carbocycles. The Hall–Kier alpha value is -0.990. The smallest absolute Gasteiger partial charge is 0.311 e. The van der Waals surface area contributed by atoms with Crippen LogP contribution in [-0.4, -0.2) is 41.9 Å². The molecule has 0 unspecified atom stereocenters. The van der Waals surface area contributed by atoms with Crippen LogP contribution in [0.1, 0.15) is 19.3 Å². The van der Waals surface area contributed by atoms with Crippen LogP contribution in [0.4, 0.5) is 0 Å². The molecule has 2 heterocycles. The Labute approximate surface area is 131 Å². The van der Waals surface area contributed by atoms with Gasteiger partial charge in [0.25, 0.3) is 0 Å². The summed E-state index contributed by atoms with van der Waals surface area (Å²) in [7, 11) is -3.70. The van der Waals surface area contributed by atoms with Gasteiger partial charge in [0.2, 0.25) is 10.0 Å². The minimum Gasteiger partial charge on any atom is -0.481 e. The number of hydrogen-bond donors (Lipinski definition) is 1. The minimum absolute atomic E-state index is 0.0574. The average molecular weight is 375 g/mol. The zero-order chi connectivity index (χ0) is 15.3. The van der Waals surface area contributed by atoms with Crippen LogP contribution in [0.25, 0.3) is 0 Å². The van der Waals surface area contributed by atoms with E-state index in [1.54, 1.807) is 0 Å². The van der Waals surface area contributed by atoms with Crippen molar-refractivity contribution in [3.63, 3.8) is 0 Å². The number of carboxylic acids is 1. The number of pyridine rings is 1. The molecule has 0 radical (unpaired) electrons. The highest BCUT2D eigenvalue weighted by Gasteiger charge is 2.57. The maximum absolute atomic E-state index is 12.7. The number of rotatable bonds is 3. The molecule has 0 amide bonds. The zero-order valence-electron chi connectivity index (χ0n) is 11.2. The third kappa shape index (κ3) is 2.29. The van der Waals surface area contributed by atoms with Crippen molar-refractivity contribution >= 4 is 31.9 Å². The standard InChI is InChI=1S/C13H15BrN2O4S/c14-10-4-11(6-15-5-10)21(19,20)16-7-9-2-1-3-13(9,8-16)12(17)18/h4-6,9H,1-3,7-8H2,(H,17,18)/t9-,13+/m0/s1. The molecule has 6 nitrogen and oxygen atoms in total. The third-order valence-corrected chi connectivity index (χ3v) is 6.79. The Morgan fingerprint density at radius 3 is 2.86 bits per heavy atom. The van der Waals surface area contributed by atoms with Crippen LogP contribution in [0.3, 0.4) is 0 Å². The topological polar surface area (TPSA) is 87.6 Å². The van der Waals surface area contributed by atoms with E-state index < -0.39 is 21.4 Å². The fourth-order valence-electron chi connectivity index (χ4n) is 3.46. The van der Waals surface area contributed by atoms with Gasteiger partial charge in [-0.1, -0.05) is 6.42 Å². The second-order valence-corrected chi connectivity index (χ2v) is 8.54. The maximum Gasteiger partial charge on any atom is 0.311 e. The predicted octanol–water partition coefficient (Wildman–Crippen LogP) is 1.72. The van der Waals surface area contributed by atoms with Gasteiger partial charge < -0.3 is 5.11 Å². The molecule has 1 N–H and O–H groups in total. The monoisotopic (exact) mass is 374 g/mol. The third-order valence-electron chi connectivity index (χ3n) is 4.58. The number of aromatic nitrogens is 1. The van der Waals surface area contributed by atoms with Crippen molar-refractivity contribution in [2.45, 2.75) is 24.2 Å². The highest BCUT2D eigenvalue weighted by Crippen LogP contribution is 2.50. The van der Waals surface area contributed by atoms with Crippen molar-refractivity contribution in [1.82, 2.24) is 9.29 Å². The Morgan fingerprint density at radius 1 is 1.48 bits per heavy atom. The van der Waals surface area contributed by atoms with Crippen molar-refractivity contribution in [2.75, 3.05) is 13.1 Å². The molecule has 1 aliphatic heterocycles. The van der Waals surface area contributed by atoms with E-state index in [4.69, 9.17) is 0 Å². The summed E-state index contributed by atoms with van der Waals surface area (Å²) in [4.78, 5) is 15.6. The number of sulfonamides is 1. The Balaban J connectivity index is 1.94. The van der Waals surface area contributed by atoms with Gasteiger partial charge in [-0.25, -0.2) is 8.42 Å². The number of nitrogens with zero attached hydrogens (tertiary/aromatic N) is 2. The van der Waals surface area contributed by atoms with Gasteiger partial charge in [0.05, 0.1) is 5.41 Å². The summed E-state index contributed by atoms with van der Waals surface area (Å²) in [5.41, 5.74) is -0.910. The Bertz CT molecular complexity index is 693. The summed E-state index contributed by atoms with van der Waals surface area (Å²) < 4.78 is 27.2. The SMILES string of the molecule is O=C(O)[C@@]12CCC[C@H]1CN(S(=O)(=O)c1cncc(Br)c1)C2. The van der Waals surface area contributed by atoms with E-state index in [1.165, 1.54) is 22.8 Å². The molecule has 8 heteroatoms. The number of fused-ring (bicyclic) bond motifs is 1. The fourth-order valence-corrected chi connectivity index (χ4v) is 5.52. The van der Waals surface area contributed by atoms with Gasteiger partial charge in [-0.3, -0.25) is 9.78 Å². The molecule has 0 bridgehead atoms. The molecule has 1 saturated heterocycles. The van der Waals surface area contributed by atoms with E-state index in [0.29, 0.717) is 10.9 Å². The molecule has 1 aliphatic carbocycles. The lowest BCUT2D eigenvalue weighted by Gasteiger charge is -2.23. The molecule has 2 atom stereocenters. The summed E-state index contributed by atoms with van der Waals surface area (Å²) in [6, 6.07) is 1.49. The van der Waals surface area contributed by atoms with Gasteiger partial charge in [-0.15, -0.1) is 0 Å². The first-order valence-corrected chi connectivity index (χ1v) is 8.94.